The summed E-state index contributed by atoms with van der Waals surface area (Å²) in [6.07, 6.45) is 0.791. The van der Waals surface area contributed by atoms with Crippen molar-refractivity contribution in [2.24, 2.45) is 0 Å². The van der Waals surface area contributed by atoms with Crippen LogP contribution >= 0.6 is 0 Å². The second-order valence-electron chi connectivity index (χ2n) is 5.01. The number of carbonyl (C=O) groups is 1. The van der Waals surface area contributed by atoms with Crippen LogP contribution in [0, 0.1) is 0 Å². The third-order valence-corrected chi connectivity index (χ3v) is 2.70. The average molecular weight is 280 g/mol. The average Bonchev–Trinajstić information content (AvgIpc) is 2.42. The molecule has 0 aromatic heterocycles. The van der Waals surface area contributed by atoms with E-state index >= 15 is 0 Å². The highest BCUT2D eigenvalue weighted by Gasteiger charge is 2.12. The van der Waals surface area contributed by atoms with Crippen LogP contribution in [0.4, 0.5) is 0 Å². The lowest BCUT2D eigenvalue weighted by Crippen LogP contribution is -2.09. The van der Waals surface area contributed by atoms with Crippen molar-refractivity contribution in [1.82, 2.24) is 0 Å². The normalized spacial score (nSPS) is 12.2. The van der Waals surface area contributed by atoms with Crippen molar-refractivity contribution in [3.63, 3.8) is 0 Å². The maximum absolute atomic E-state index is 11.4. The Hall–Kier alpha value is -1.55. The summed E-state index contributed by atoms with van der Waals surface area (Å²) in [5.74, 6) is 0.464. The first-order valence-electron chi connectivity index (χ1n) is 7.13. The molecule has 0 bridgehead atoms. The molecule has 0 aliphatic rings. The molecule has 4 nitrogen and oxygen atoms in total. The highest BCUT2D eigenvalue weighted by molar-refractivity contribution is 5.69. The second kappa shape index (κ2) is 8.59. The van der Waals surface area contributed by atoms with Crippen molar-refractivity contribution < 1.29 is 19.4 Å². The second-order valence-corrected chi connectivity index (χ2v) is 5.01. The van der Waals surface area contributed by atoms with Gasteiger partial charge in [-0.15, -0.1) is 0 Å². The van der Waals surface area contributed by atoms with Gasteiger partial charge in [-0.3, -0.25) is 4.79 Å². The van der Waals surface area contributed by atoms with Crippen molar-refractivity contribution >= 4 is 5.97 Å². The number of aliphatic hydroxyl groups excluding tert-OH is 1. The first kappa shape index (κ1) is 16.5. The molecule has 112 valence electrons. The Morgan fingerprint density at radius 3 is 2.75 bits per heavy atom. The van der Waals surface area contributed by atoms with E-state index in [-0.39, 0.29) is 18.5 Å². The summed E-state index contributed by atoms with van der Waals surface area (Å²) in [6.45, 7) is 6.29. The van der Waals surface area contributed by atoms with E-state index in [9.17, 15) is 9.90 Å². The van der Waals surface area contributed by atoms with Crippen LogP contribution in [-0.4, -0.2) is 23.8 Å². The first-order chi connectivity index (χ1) is 9.52. The third-order valence-electron chi connectivity index (χ3n) is 2.70. The number of hydrogen-bond acceptors (Lipinski definition) is 4. The van der Waals surface area contributed by atoms with Gasteiger partial charge in [0.2, 0.25) is 0 Å². The molecule has 1 rings (SSSR count). The molecule has 1 atom stereocenters. The van der Waals surface area contributed by atoms with Gasteiger partial charge in [-0.05, 0) is 44.4 Å². The molecule has 1 aromatic carbocycles. The van der Waals surface area contributed by atoms with Crippen LogP contribution < -0.4 is 4.74 Å². The molecule has 0 spiro atoms. The zero-order valence-corrected chi connectivity index (χ0v) is 12.5. The number of aliphatic hydroxyl groups is 1. The summed E-state index contributed by atoms with van der Waals surface area (Å²) in [7, 11) is 0. The summed E-state index contributed by atoms with van der Waals surface area (Å²) in [5, 5.41) is 10.1. The number of esters is 1. The zero-order valence-electron chi connectivity index (χ0n) is 12.5. The Morgan fingerprint density at radius 2 is 2.10 bits per heavy atom. The van der Waals surface area contributed by atoms with Crippen LogP contribution in [0.3, 0.4) is 0 Å². The topological polar surface area (TPSA) is 55.8 Å². The van der Waals surface area contributed by atoms with Crippen molar-refractivity contribution in [3.8, 4) is 5.75 Å². The standard InChI is InChI=1S/C16H24O4/c1-4-10-19-16(18)9-8-15(17)13-6-5-7-14(11-13)20-12(2)3/h5-7,11-12,15,17H,4,8-10H2,1-3H3. The largest absolute Gasteiger partial charge is 0.491 e. The molecule has 1 unspecified atom stereocenters. The molecular formula is C16H24O4. The molecule has 0 fully saturated rings. The van der Waals surface area contributed by atoms with E-state index in [2.05, 4.69) is 0 Å². The number of rotatable bonds is 8. The predicted molar refractivity (Wildman–Crippen MR) is 77.6 cm³/mol. The van der Waals surface area contributed by atoms with E-state index in [0.29, 0.717) is 13.0 Å². The van der Waals surface area contributed by atoms with E-state index < -0.39 is 6.10 Å². The lowest BCUT2D eigenvalue weighted by molar-refractivity contribution is -0.144. The summed E-state index contributed by atoms with van der Waals surface area (Å²) in [5.41, 5.74) is 0.756. The van der Waals surface area contributed by atoms with Crippen LogP contribution in [0.1, 0.15) is 51.7 Å². The maximum atomic E-state index is 11.4. The molecular weight excluding hydrogens is 256 g/mol. The van der Waals surface area contributed by atoms with E-state index in [1.165, 1.54) is 0 Å². The van der Waals surface area contributed by atoms with Crippen LogP contribution in [0.5, 0.6) is 5.75 Å². The van der Waals surface area contributed by atoms with Gasteiger partial charge in [0.05, 0.1) is 18.8 Å². The van der Waals surface area contributed by atoms with Crippen LogP contribution in [0.15, 0.2) is 24.3 Å². The molecule has 0 aliphatic heterocycles. The highest BCUT2D eigenvalue weighted by Crippen LogP contribution is 2.23. The number of hydrogen-bond donors (Lipinski definition) is 1. The minimum absolute atomic E-state index is 0.0893. The molecule has 20 heavy (non-hydrogen) atoms. The molecule has 1 N–H and O–H groups in total. The third kappa shape index (κ3) is 6.06. The van der Waals surface area contributed by atoms with E-state index in [1.54, 1.807) is 0 Å². The summed E-state index contributed by atoms with van der Waals surface area (Å²) >= 11 is 0. The Bertz CT molecular complexity index is 415. The van der Waals surface area contributed by atoms with Crippen LogP contribution in [0.2, 0.25) is 0 Å². The fraction of sp³-hybridized carbons (Fsp3) is 0.562. The number of benzene rings is 1. The van der Waals surface area contributed by atoms with E-state index in [4.69, 9.17) is 9.47 Å². The zero-order chi connectivity index (χ0) is 15.0. The van der Waals surface area contributed by atoms with E-state index in [0.717, 1.165) is 17.7 Å². The predicted octanol–water partition coefficient (Wildman–Crippen LogP) is 3.24. The van der Waals surface area contributed by atoms with Gasteiger partial charge >= 0.3 is 5.97 Å². The first-order valence-corrected chi connectivity index (χ1v) is 7.13. The van der Waals surface area contributed by atoms with Gasteiger partial charge in [-0.1, -0.05) is 19.1 Å². The Balaban J connectivity index is 2.50. The van der Waals surface area contributed by atoms with Gasteiger partial charge < -0.3 is 14.6 Å². The smallest absolute Gasteiger partial charge is 0.305 e. The Labute approximate surface area is 120 Å². The van der Waals surface area contributed by atoms with Gasteiger partial charge in [0.15, 0.2) is 0 Å². The molecule has 0 aliphatic carbocycles. The molecule has 0 amide bonds. The maximum Gasteiger partial charge on any atom is 0.305 e. The van der Waals surface area contributed by atoms with Gasteiger partial charge in [0.25, 0.3) is 0 Å². The van der Waals surface area contributed by atoms with Gasteiger partial charge in [0.1, 0.15) is 5.75 Å². The fourth-order valence-electron chi connectivity index (χ4n) is 1.78. The van der Waals surface area contributed by atoms with Crippen molar-refractivity contribution in [1.29, 1.82) is 0 Å². The lowest BCUT2D eigenvalue weighted by atomic mass is 10.0. The molecule has 4 heteroatoms. The fourth-order valence-corrected chi connectivity index (χ4v) is 1.78. The van der Waals surface area contributed by atoms with Crippen LogP contribution in [-0.2, 0) is 9.53 Å². The Morgan fingerprint density at radius 1 is 1.35 bits per heavy atom. The van der Waals surface area contributed by atoms with Crippen molar-refractivity contribution in [2.75, 3.05) is 6.61 Å². The quantitative estimate of drug-likeness (QED) is 0.743. The van der Waals surface area contributed by atoms with E-state index in [1.807, 2.05) is 45.0 Å². The van der Waals surface area contributed by atoms with Crippen molar-refractivity contribution in [2.45, 2.75) is 52.2 Å². The summed E-state index contributed by atoms with van der Waals surface area (Å²) < 4.78 is 10.6. The van der Waals surface area contributed by atoms with Gasteiger partial charge in [-0.2, -0.15) is 0 Å². The molecule has 0 saturated heterocycles. The lowest BCUT2D eigenvalue weighted by Gasteiger charge is -2.14. The minimum atomic E-state index is -0.681. The molecule has 1 aromatic rings. The molecule has 0 saturated carbocycles. The number of carbonyl (C=O) groups excluding carboxylic acids is 1. The SMILES string of the molecule is CCCOC(=O)CCC(O)c1cccc(OC(C)C)c1. The highest BCUT2D eigenvalue weighted by atomic mass is 16.5. The molecule has 0 heterocycles. The summed E-state index contributed by atoms with van der Waals surface area (Å²) in [6, 6.07) is 7.33. The van der Waals surface area contributed by atoms with Crippen molar-refractivity contribution in [3.05, 3.63) is 29.8 Å². The minimum Gasteiger partial charge on any atom is -0.491 e. The van der Waals surface area contributed by atoms with Gasteiger partial charge in [0, 0.05) is 6.42 Å². The monoisotopic (exact) mass is 280 g/mol. The summed E-state index contributed by atoms with van der Waals surface area (Å²) in [4.78, 5) is 11.4. The number of ether oxygens (including phenoxy) is 2. The van der Waals surface area contributed by atoms with Gasteiger partial charge in [-0.25, -0.2) is 0 Å². The van der Waals surface area contributed by atoms with Crippen LogP contribution in [0.25, 0.3) is 0 Å². The Kier molecular flexibility index (Phi) is 7.09. The molecule has 0 radical (unpaired) electrons.